The lowest BCUT2D eigenvalue weighted by molar-refractivity contribution is -0.0451. The van der Waals surface area contributed by atoms with Gasteiger partial charge in [0.1, 0.15) is 12.2 Å². The van der Waals surface area contributed by atoms with Gasteiger partial charge in [-0.1, -0.05) is 0 Å². The summed E-state index contributed by atoms with van der Waals surface area (Å²) < 4.78 is 36.6. The number of rotatable bonds is 6. The molecule has 4 rings (SSSR count). The maximum absolute atomic E-state index is 14.7. The third-order valence-electron chi connectivity index (χ3n) is 4.82. The number of aliphatic hydroxyl groups is 1. The Kier molecular flexibility index (Phi) is 4.76. The van der Waals surface area contributed by atoms with E-state index in [0.717, 1.165) is 12.8 Å². The fourth-order valence-corrected chi connectivity index (χ4v) is 3.56. The van der Waals surface area contributed by atoms with Crippen molar-refractivity contribution in [1.29, 1.82) is 0 Å². The summed E-state index contributed by atoms with van der Waals surface area (Å²) >= 11 is 0. The Balaban J connectivity index is 1.64. The SMILES string of the molecule is CN(c1nc(N)nc2c1ncn2[C@@H]1O[C@H](COP(=O)(O)O)[C@@H](O)[C@H]1F)C1CC1. The minimum atomic E-state index is -4.79. The average Bonchev–Trinajstić information content (AvgIpc) is 3.33. The Morgan fingerprint density at radius 1 is 1.46 bits per heavy atom. The Labute approximate surface area is 158 Å². The molecule has 0 radical (unpaired) electrons. The first kappa shape index (κ1) is 19.4. The van der Waals surface area contributed by atoms with Crippen LogP contribution in [0.5, 0.6) is 0 Å². The molecule has 0 unspecified atom stereocenters. The quantitative estimate of drug-likeness (QED) is 0.455. The molecule has 2 aliphatic rings. The highest BCUT2D eigenvalue weighted by Crippen LogP contribution is 2.40. The summed E-state index contributed by atoms with van der Waals surface area (Å²) in [6, 6.07) is 0.329. The van der Waals surface area contributed by atoms with Gasteiger partial charge in [0.15, 0.2) is 29.4 Å². The number of ether oxygens (including phenoxy) is 1. The predicted molar refractivity (Wildman–Crippen MR) is 94.0 cm³/mol. The number of phosphoric acid groups is 1. The molecular weight excluding hydrogens is 398 g/mol. The molecule has 0 bridgehead atoms. The number of halogens is 1. The maximum atomic E-state index is 14.7. The number of phosphoric ester groups is 1. The van der Waals surface area contributed by atoms with Gasteiger partial charge in [0, 0.05) is 13.1 Å². The topological polar surface area (TPSA) is 169 Å². The zero-order valence-electron chi connectivity index (χ0n) is 14.8. The molecule has 1 aliphatic carbocycles. The highest BCUT2D eigenvalue weighted by molar-refractivity contribution is 7.46. The van der Waals surface area contributed by atoms with Gasteiger partial charge in [-0.2, -0.15) is 9.97 Å². The molecule has 12 nitrogen and oxygen atoms in total. The third kappa shape index (κ3) is 3.56. The highest BCUT2D eigenvalue weighted by Gasteiger charge is 2.46. The molecule has 0 amide bonds. The van der Waals surface area contributed by atoms with Gasteiger partial charge in [0.05, 0.1) is 12.9 Å². The van der Waals surface area contributed by atoms with Crippen LogP contribution in [0, 0.1) is 0 Å². The van der Waals surface area contributed by atoms with Crippen molar-refractivity contribution in [2.45, 2.75) is 43.5 Å². The number of nitrogens with two attached hydrogens (primary N) is 1. The van der Waals surface area contributed by atoms with Crippen LogP contribution in [0.1, 0.15) is 19.1 Å². The van der Waals surface area contributed by atoms with Crippen LogP contribution in [0.2, 0.25) is 0 Å². The summed E-state index contributed by atoms with van der Waals surface area (Å²) in [6.07, 6.45) is -2.80. The second-order valence-electron chi connectivity index (χ2n) is 6.86. The maximum Gasteiger partial charge on any atom is 0.469 e. The molecule has 1 saturated heterocycles. The van der Waals surface area contributed by atoms with E-state index < -0.39 is 39.0 Å². The molecular formula is C14H20FN6O6P. The van der Waals surface area contributed by atoms with E-state index in [2.05, 4.69) is 19.5 Å². The second-order valence-corrected chi connectivity index (χ2v) is 8.10. The molecule has 154 valence electrons. The number of alkyl halides is 1. The molecule has 5 N–H and O–H groups in total. The van der Waals surface area contributed by atoms with Gasteiger partial charge in [-0.15, -0.1) is 0 Å². The number of aliphatic hydroxyl groups excluding tert-OH is 1. The first-order valence-corrected chi connectivity index (χ1v) is 10.1. The van der Waals surface area contributed by atoms with Crippen LogP contribution in [0.15, 0.2) is 6.33 Å². The van der Waals surface area contributed by atoms with Crippen LogP contribution < -0.4 is 10.6 Å². The number of aromatic nitrogens is 4. The van der Waals surface area contributed by atoms with Gasteiger partial charge in [-0.3, -0.25) is 9.09 Å². The van der Waals surface area contributed by atoms with Gasteiger partial charge in [0.25, 0.3) is 0 Å². The number of hydrogen-bond donors (Lipinski definition) is 4. The fourth-order valence-electron chi connectivity index (χ4n) is 3.22. The average molecular weight is 418 g/mol. The largest absolute Gasteiger partial charge is 0.469 e. The van der Waals surface area contributed by atoms with Crippen LogP contribution in [0.4, 0.5) is 16.2 Å². The van der Waals surface area contributed by atoms with Crippen LogP contribution in [-0.2, 0) is 13.8 Å². The van der Waals surface area contributed by atoms with Crippen molar-refractivity contribution < 1.29 is 33.1 Å². The van der Waals surface area contributed by atoms with Crippen molar-refractivity contribution in [2.75, 3.05) is 24.3 Å². The van der Waals surface area contributed by atoms with E-state index in [1.165, 1.54) is 10.9 Å². The van der Waals surface area contributed by atoms with E-state index in [1.54, 1.807) is 0 Å². The summed E-state index contributed by atoms with van der Waals surface area (Å²) in [5.74, 6) is 0.492. The van der Waals surface area contributed by atoms with Crippen LogP contribution >= 0.6 is 7.82 Å². The number of imidazole rings is 1. The molecule has 2 fully saturated rings. The molecule has 1 aliphatic heterocycles. The van der Waals surface area contributed by atoms with E-state index in [4.69, 9.17) is 20.3 Å². The van der Waals surface area contributed by atoms with Crippen molar-refractivity contribution >= 4 is 30.8 Å². The zero-order valence-corrected chi connectivity index (χ0v) is 15.7. The standard InChI is InChI=1S/C14H20FN6O6P/c1-20(6-2-3-6)11-9-12(19-14(16)18-11)21(5-17-9)13-8(15)10(22)7(27-13)4-26-28(23,24)25/h5-8,10,13,22H,2-4H2,1H3,(H2,16,18,19)(H2,23,24,25)/t7-,8-,10-,13-/m1/s1. The minimum Gasteiger partial charge on any atom is -0.387 e. The Hall–Kier alpha value is -1.89. The van der Waals surface area contributed by atoms with Gasteiger partial charge in [0.2, 0.25) is 5.95 Å². The van der Waals surface area contributed by atoms with Crippen molar-refractivity contribution in [2.24, 2.45) is 0 Å². The molecule has 1 saturated carbocycles. The molecule has 4 atom stereocenters. The Bertz CT molecular complexity index is 934. The lowest BCUT2D eigenvalue weighted by atomic mass is 10.1. The minimum absolute atomic E-state index is 0.0212. The lowest BCUT2D eigenvalue weighted by Crippen LogP contribution is -2.31. The molecule has 0 aromatic carbocycles. The fraction of sp³-hybridized carbons (Fsp3) is 0.643. The van der Waals surface area contributed by atoms with Crippen LogP contribution in [0.25, 0.3) is 11.2 Å². The Morgan fingerprint density at radius 2 is 2.18 bits per heavy atom. The van der Waals surface area contributed by atoms with Gasteiger partial charge < -0.3 is 30.3 Å². The number of nitrogens with zero attached hydrogens (tertiary/aromatic N) is 5. The van der Waals surface area contributed by atoms with E-state index >= 15 is 0 Å². The van der Waals surface area contributed by atoms with Gasteiger partial charge in [-0.05, 0) is 12.8 Å². The summed E-state index contributed by atoms with van der Waals surface area (Å²) in [5, 5.41) is 10.0. The monoisotopic (exact) mass is 418 g/mol. The van der Waals surface area contributed by atoms with Crippen molar-refractivity contribution in [3.05, 3.63) is 6.33 Å². The normalized spacial score (nSPS) is 28.2. The molecule has 28 heavy (non-hydrogen) atoms. The summed E-state index contributed by atoms with van der Waals surface area (Å²) in [4.78, 5) is 32.1. The van der Waals surface area contributed by atoms with Gasteiger partial charge in [-0.25, -0.2) is 13.9 Å². The van der Waals surface area contributed by atoms with E-state index in [1.807, 2.05) is 11.9 Å². The molecule has 2 aromatic heterocycles. The Morgan fingerprint density at radius 3 is 2.82 bits per heavy atom. The van der Waals surface area contributed by atoms with Crippen molar-refractivity contribution in [3.63, 3.8) is 0 Å². The van der Waals surface area contributed by atoms with E-state index in [0.29, 0.717) is 17.4 Å². The van der Waals surface area contributed by atoms with E-state index in [-0.39, 0.29) is 11.6 Å². The summed E-state index contributed by atoms with van der Waals surface area (Å²) in [5.41, 5.74) is 6.45. The molecule has 0 spiro atoms. The lowest BCUT2D eigenvalue weighted by Gasteiger charge is -2.19. The van der Waals surface area contributed by atoms with Crippen LogP contribution in [-0.4, -0.2) is 72.5 Å². The number of hydrogen-bond acceptors (Lipinski definition) is 9. The van der Waals surface area contributed by atoms with Crippen molar-refractivity contribution in [1.82, 2.24) is 19.5 Å². The molecule has 14 heteroatoms. The summed E-state index contributed by atoms with van der Waals surface area (Å²) in [6.45, 7) is -0.679. The van der Waals surface area contributed by atoms with Gasteiger partial charge >= 0.3 is 7.82 Å². The van der Waals surface area contributed by atoms with Crippen molar-refractivity contribution in [3.8, 4) is 0 Å². The number of nitrogen functional groups attached to an aromatic ring is 1. The highest BCUT2D eigenvalue weighted by atomic mass is 31.2. The predicted octanol–water partition coefficient (Wildman–Crippen LogP) is -0.287. The van der Waals surface area contributed by atoms with Crippen LogP contribution in [0.3, 0.4) is 0 Å². The third-order valence-corrected chi connectivity index (χ3v) is 5.31. The molecule has 2 aromatic rings. The zero-order chi connectivity index (χ0) is 20.2. The number of anilines is 2. The number of fused-ring (bicyclic) bond motifs is 1. The second kappa shape index (κ2) is 6.87. The van der Waals surface area contributed by atoms with E-state index in [9.17, 15) is 14.1 Å². The smallest absolute Gasteiger partial charge is 0.387 e. The first-order chi connectivity index (χ1) is 13.2. The first-order valence-electron chi connectivity index (χ1n) is 8.56. The summed E-state index contributed by atoms with van der Waals surface area (Å²) in [7, 11) is -2.92. The molecule has 3 heterocycles.